The summed E-state index contributed by atoms with van der Waals surface area (Å²) in [5.41, 5.74) is 7.53. The molecule has 2 aromatic carbocycles. The van der Waals surface area contributed by atoms with Crippen LogP contribution in [-0.2, 0) is 9.53 Å². The van der Waals surface area contributed by atoms with Crippen LogP contribution in [0.5, 0.6) is 0 Å². The minimum atomic E-state index is -0.436. The van der Waals surface area contributed by atoms with Crippen molar-refractivity contribution >= 4 is 28.7 Å². The third-order valence-electron chi connectivity index (χ3n) is 6.05. The highest BCUT2D eigenvalue weighted by Gasteiger charge is 2.38. The number of esters is 1. The molecule has 0 bridgehead atoms. The number of benzene rings is 2. The van der Waals surface area contributed by atoms with E-state index >= 15 is 0 Å². The Bertz CT molecular complexity index is 1300. The molecule has 154 valence electrons. The molecule has 0 unspecified atom stereocenters. The predicted molar refractivity (Wildman–Crippen MR) is 125 cm³/mol. The van der Waals surface area contributed by atoms with Crippen molar-refractivity contribution in [1.29, 1.82) is 0 Å². The van der Waals surface area contributed by atoms with Crippen LogP contribution in [0, 0.1) is 6.92 Å². The van der Waals surface area contributed by atoms with Crippen LogP contribution in [0.2, 0.25) is 5.02 Å². The zero-order chi connectivity index (χ0) is 21.5. The van der Waals surface area contributed by atoms with Gasteiger partial charge in [0.15, 0.2) is 0 Å². The van der Waals surface area contributed by atoms with Crippen molar-refractivity contribution in [1.82, 2.24) is 4.40 Å². The predicted octanol–water partition coefficient (Wildman–Crippen LogP) is 6.39. The maximum Gasteiger partial charge on any atom is 0.314 e. The van der Waals surface area contributed by atoms with Crippen LogP contribution in [-0.4, -0.2) is 17.5 Å². The first-order chi connectivity index (χ1) is 15.1. The fraction of sp³-hybridized carbons (Fsp3) is 0.148. The lowest BCUT2D eigenvalue weighted by atomic mass is 9.74. The summed E-state index contributed by atoms with van der Waals surface area (Å²) >= 11 is 6.14. The zero-order valence-corrected chi connectivity index (χ0v) is 18.1. The van der Waals surface area contributed by atoms with E-state index in [-0.39, 0.29) is 11.9 Å². The van der Waals surface area contributed by atoms with Crippen molar-refractivity contribution in [3.8, 4) is 0 Å². The molecule has 0 spiro atoms. The van der Waals surface area contributed by atoms with Gasteiger partial charge in [-0.3, -0.25) is 4.79 Å². The molecule has 2 atom stereocenters. The molecule has 0 N–H and O–H groups in total. The van der Waals surface area contributed by atoms with Crippen LogP contribution >= 0.6 is 11.6 Å². The van der Waals surface area contributed by atoms with Gasteiger partial charge in [-0.1, -0.05) is 60.1 Å². The quantitative estimate of drug-likeness (QED) is 0.355. The molecular weight excluding hydrogens is 406 g/mol. The van der Waals surface area contributed by atoms with Gasteiger partial charge in [0, 0.05) is 28.2 Å². The van der Waals surface area contributed by atoms with Gasteiger partial charge in [0.25, 0.3) is 0 Å². The van der Waals surface area contributed by atoms with Gasteiger partial charge in [-0.2, -0.15) is 0 Å². The van der Waals surface area contributed by atoms with Crippen LogP contribution in [0.4, 0.5) is 0 Å². The summed E-state index contributed by atoms with van der Waals surface area (Å²) in [5, 5.41) is 0.673. The lowest BCUT2D eigenvalue weighted by Crippen LogP contribution is -2.25. The smallest absolute Gasteiger partial charge is 0.314 e. The number of pyridine rings is 1. The van der Waals surface area contributed by atoms with Crippen molar-refractivity contribution in [2.75, 3.05) is 7.11 Å². The Morgan fingerprint density at radius 2 is 1.74 bits per heavy atom. The number of aryl methyl sites for hydroxylation is 1. The SMILES string of the molecule is COC(=O)[C@H]1c2cc3cc(C)ccn3c2C(c2ccccc2)=C[C@@H]1c1ccc(Cl)cc1. The number of nitrogens with zero attached hydrogens (tertiary/aromatic N) is 1. The highest BCUT2D eigenvalue weighted by molar-refractivity contribution is 6.30. The molecule has 0 amide bonds. The van der Waals surface area contributed by atoms with Crippen molar-refractivity contribution in [3.63, 3.8) is 0 Å². The normalized spacial score (nSPS) is 17.8. The van der Waals surface area contributed by atoms with Crippen molar-refractivity contribution in [3.05, 3.63) is 118 Å². The van der Waals surface area contributed by atoms with Crippen LogP contribution in [0.3, 0.4) is 0 Å². The van der Waals surface area contributed by atoms with E-state index in [4.69, 9.17) is 16.3 Å². The number of carbonyl (C=O) groups excluding carboxylic acids is 1. The molecule has 5 rings (SSSR count). The number of aromatic nitrogens is 1. The first-order valence-electron chi connectivity index (χ1n) is 10.3. The fourth-order valence-corrected chi connectivity index (χ4v) is 4.73. The van der Waals surface area contributed by atoms with Gasteiger partial charge in [0.05, 0.1) is 18.7 Å². The minimum Gasteiger partial charge on any atom is -0.469 e. The highest BCUT2D eigenvalue weighted by Crippen LogP contribution is 2.47. The largest absolute Gasteiger partial charge is 0.469 e. The Balaban J connectivity index is 1.82. The summed E-state index contributed by atoms with van der Waals surface area (Å²) in [7, 11) is 1.46. The molecule has 1 aliphatic carbocycles. The van der Waals surface area contributed by atoms with Crippen molar-refractivity contribution < 1.29 is 9.53 Å². The average Bonchev–Trinajstić information content (AvgIpc) is 3.16. The van der Waals surface area contributed by atoms with Crippen LogP contribution in [0.15, 0.2) is 85.1 Å². The lowest BCUT2D eigenvalue weighted by Gasteiger charge is -2.30. The van der Waals surface area contributed by atoms with Crippen molar-refractivity contribution in [2.24, 2.45) is 0 Å². The van der Waals surface area contributed by atoms with Gasteiger partial charge < -0.3 is 9.14 Å². The van der Waals surface area contributed by atoms with Crippen molar-refractivity contribution in [2.45, 2.75) is 18.8 Å². The number of carbonyl (C=O) groups is 1. The first kappa shape index (κ1) is 19.7. The minimum absolute atomic E-state index is 0.161. The van der Waals surface area contributed by atoms with Crippen LogP contribution in [0.1, 0.15) is 39.8 Å². The van der Waals surface area contributed by atoms with E-state index in [9.17, 15) is 4.79 Å². The molecular formula is C27H22ClNO2. The van der Waals surface area contributed by atoms with Gasteiger partial charge in [-0.15, -0.1) is 0 Å². The number of ether oxygens (including phenoxy) is 1. The molecule has 0 saturated heterocycles. The summed E-state index contributed by atoms with van der Waals surface area (Å²) in [4.78, 5) is 13.1. The summed E-state index contributed by atoms with van der Waals surface area (Å²) in [6.45, 7) is 2.08. The molecule has 0 saturated carbocycles. The number of hydrogen-bond acceptors (Lipinski definition) is 2. The Morgan fingerprint density at radius 1 is 1.00 bits per heavy atom. The number of rotatable bonds is 3. The summed E-state index contributed by atoms with van der Waals surface area (Å²) < 4.78 is 7.45. The molecule has 2 aromatic heterocycles. The summed E-state index contributed by atoms with van der Waals surface area (Å²) in [6, 6.07) is 24.4. The molecule has 3 nitrogen and oxygen atoms in total. The number of methoxy groups -OCH3 is 1. The second-order valence-electron chi connectivity index (χ2n) is 7.97. The van der Waals surface area contributed by atoms with E-state index < -0.39 is 5.92 Å². The van der Waals surface area contributed by atoms with Gasteiger partial charge >= 0.3 is 5.97 Å². The van der Waals surface area contributed by atoms with E-state index in [1.54, 1.807) is 0 Å². The zero-order valence-electron chi connectivity index (χ0n) is 17.4. The number of fused-ring (bicyclic) bond motifs is 3. The lowest BCUT2D eigenvalue weighted by molar-refractivity contribution is -0.142. The fourth-order valence-electron chi connectivity index (χ4n) is 4.61. The van der Waals surface area contributed by atoms with Gasteiger partial charge in [0.1, 0.15) is 0 Å². The summed E-state index contributed by atoms with van der Waals surface area (Å²) in [5.74, 6) is -0.836. The van der Waals surface area contributed by atoms with E-state index in [2.05, 4.69) is 53.9 Å². The molecule has 4 aromatic rings. The molecule has 0 aliphatic heterocycles. The van der Waals surface area contributed by atoms with E-state index in [0.717, 1.165) is 33.5 Å². The molecule has 4 heteroatoms. The molecule has 2 heterocycles. The Kier molecular flexibility index (Phi) is 4.91. The summed E-state index contributed by atoms with van der Waals surface area (Å²) in [6.07, 6.45) is 4.28. The first-order valence-corrected chi connectivity index (χ1v) is 10.7. The van der Waals surface area contributed by atoms with Gasteiger partial charge in [-0.05, 0) is 59.5 Å². The second kappa shape index (κ2) is 7.75. The van der Waals surface area contributed by atoms with Crippen LogP contribution in [0.25, 0.3) is 11.1 Å². The maximum atomic E-state index is 13.1. The monoisotopic (exact) mass is 427 g/mol. The van der Waals surface area contributed by atoms with Gasteiger partial charge in [0.2, 0.25) is 0 Å². The highest BCUT2D eigenvalue weighted by atomic mass is 35.5. The van der Waals surface area contributed by atoms with E-state index in [0.29, 0.717) is 5.02 Å². The van der Waals surface area contributed by atoms with E-state index in [1.165, 1.54) is 12.7 Å². The molecule has 0 fully saturated rings. The molecule has 0 radical (unpaired) electrons. The molecule has 1 aliphatic rings. The maximum absolute atomic E-state index is 13.1. The Morgan fingerprint density at radius 3 is 2.45 bits per heavy atom. The van der Waals surface area contributed by atoms with E-state index in [1.807, 2.05) is 42.5 Å². The topological polar surface area (TPSA) is 30.7 Å². The third-order valence-corrected chi connectivity index (χ3v) is 6.30. The Labute approximate surface area is 186 Å². The standard InChI is InChI=1S/C27H22ClNO2/c1-17-12-13-29-21(14-17)15-24-25(27(30)31-2)22(19-8-10-20(28)11-9-19)16-23(26(24)29)18-6-4-3-5-7-18/h3-16,22,25H,1-2H3/t22-,25-/m1/s1. The number of allylic oxidation sites excluding steroid dienone is 1. The Hall–Kier alpha value is -3.30. The molecule has 31 heavy (non-hydrogen) atoms. The average molecular weight is 428 g/mol. The number of hydrogen-bond donors (Lipinski definition) is 0. The number of halogens is 1. The second-order valence-corrected chi connectivity index (χ2v) is 8.41. The van der Waals surface area contributed by atoms with Gasteiger partial charge in [-0.25, -0.2) is 0 Å². The third kappa shape index (κ3) is 3.35. The van der Waals surface area contributed by atoms with Crippen LogP contribution < -0.4 is 0 Å².